The van der Waals surface area contributed by atoms with Crippen LogP contribution in [0.1, 0.15) is 36.9 Å². The molecule has 0 radical (unpaired) electrons. The fourth-order valence-corrected chi connectivity index (χ4v) is 4.72. The van der Waals surface area contributed by atoms with Crippen molar-refractivity contribution in [2.24, 2.45) is 0 Å². The first-order chi connectivity index (χ1) is 14.0. The summed E-state index contributed by atoms with van der Waals surface area (Å²) in [6.07, 6.45) is 5.75. The molecule has 1 atom stereocenters. The summed E-state index contributed by atoms with van der Waals surface area (Å²) in [6, 6.07) is 6.60. The molecule has 1 fully saturated rings. The predicted molar refractivity (Wildman–Crippen MR) is 114 cm³/mol. The number of aromatic amines is 1. The molecule has 5 rings (SSSR count). The number of nitrogens with one attached hydrogen (secondary N) is 1. The Morgan fingerprint density at radius 1 is 1.21 bits per heavy atom. The van der Waals surface area contributed by atoms with E-state index < -0.39 is 0 Å². The van der Waals surface area contributed by atoms with Crippen LogP contribution in [-0.4, -0.2) is 48.7 Å². The third-order valence-electron chi connectivity index (χ3n) is 6.23. The van der Waals surface area contributed by atoms with E-state index in [4.69, 9.17) is 0 Å². The molecule has 1 aromatic carbocycles. The van der Waals surface area contributed by atoms with E-state index in [-0.39, 0.29) is 11.7 Å². The molecule has 1 saturated heterocycles. The summed E-state index contributed by atoms with van der Waals surface area (Å²) in [5.74, 6) is 0. The second-order valence-corrected chi connectivity index (χ2v) is 8.11. The quantitative estimate of drug-likeness (QED) is 0.583. The van der Waals surface area contributed by atoms with Crippen molar-refractivity contribution in [1.29, 1.82) is 0 Å². The number of hydrogen-bond acceptors (Lipinski definition) is 4. The van der Waals surface area contributed by atoms with E-state index in [0.29, 0.717) is 0 Å². The highest BCUT2D eigenvalue weighted by molar-refractivity contribution is 5.84. The van der Waals surface area contributed by atoms with E-state index in [0.717, 1.165) is 71.4 Å². The first kappa shape index (κ1) is 18.1. The lowest BCUT2D eigenvalue weighted by Crippen LogP contribution is -2.39. The van der Waals surface area contributed by atoms with Gasteiger partial charge in [0.15, 0.2) is 5.65 Å². The number of piperidine rings is 1. The highest BCUT2D eigenvalue weighted by Gasteiger charge is 2.24. The maximum atomic E-state index is 12.9. The molecule has 4 aromatic rings. The van der Waals surface area contributed by atoms with Crippen LogP contribution in [0.4, 0.5) is 0 Å². The number of likely N-dealkylation sites (tertiary alicyclic amines) is 1. The van der Waals surface area contributed by atoms with E-state index in [9.17, 15) is 4.79 Å². The molecular formula is C22H26N6O. The highest BCUT2D eigenvalue weighted by atomic mass is 16.1. The van der Waals surface area contributed by atoms with Crippen LogP contribution < -0.4 is 5.69 Å². The van der Waals surface area contributed by atoms with Gasteiger partial charge < -0.3 is 9.88 Å². The Labute approximate surface area is 169 Å². The van der Waals surface area contributed by atoms with Gasteiger partial charge in [-0.05, 0) is 74.7 Å². The predicted octanol–water partition coefficient (Wildman–Crippen LogP) is 3.31. The van der Waals surface area contributed by atoms with Gasteiger partial charge in [0.05, 0.1) is 17.1 Å². The van der Waals surface area contributed by atoms with Crippen molar-refractivity contribution in [3.05, 3.63) is 52.3 Å². The first-order valence-electron chi connectivity index (χ1n) is 10.3. The molecule has 0 saturated carbocycles. The van der Waals surface area contributed by atoms with E-state index in [1.807, 2.05) is 22.2 Å². The molecule has 150 valence electrons. The van der Waals surface area contributed by atoms with Crippen LogP contribution in [0.5, 0.6) is 0 Å². The number of H-pyrrole nitrogens is 1. The van der Waals surface area contributed by atoms with Crippen LogP contribution in [-0.2, 0) is 0 Å². The summed E-state index contributed by atoms with van der Waals surface area (Å²) in [5.41, 5.74) is 7.14. The molecule has 0 amide bonds. The number of rotatable bonds is 3. The number of nitrogens with zero attached hydrogens (tertiary/aromatic N) is 5. The summed E-state index contributed by atoms with van der Waals surface area (Å²) in [6.45, 7) is 9.42. The number of imidazole rings is 1. The van der Waals surface area contributed by atoms with Gasteiger partial charge >= 0.3 is 5.69 Å². The van der Waals surface area contributed by atoms with Gasteiger partial charge in [-0.2, -0.15) is 5.10 Å². The molecule has 0 bridgehead atoms. The molecular weight excluding hydrogens is 364 g/mol. The lowest BCUT2D eigenvalue weighted by atomic mass is 9.99. The SMILES string of the molecule is CCN1CCC[C@@H](n2c(=O)[nH]c3cc(-c4cc(C)c5ncnn5c4)c(C)cc32)C1. The molecule has 1 N–H and O–H groups in total. The van der Waals surface area contributed by atoms with Crippen LogP contribution in [0.25, 0.3) is 27.8 Å². The van der Waals surface area contributed by atoms with Crippen molar-refractivity contribution in [3.63, 3.8) is 0 Å². The molecule has 0 unspecified atom stereocenters. The number of aromatic nitrogens is 5. The largest absolute Gasteiger partial charge is 0.326 e. The van der Waals surface area contributed by atoms with Crippen LogP contribution in [0.15, 0.2) is 35.5 Å². The fraction of sp³-hybridized carbons (Fsp3) is 0.409. The zero-order chi connectivity index (χ0) is 20.1. The standard InChI is InChI=1S/C22H26N6O/c1-4-26-7-5-6-17(12-26)28-20-9-14(2)18(10-19(20)25-22(28)29)16-8-15(3)21-23-13-24-27(21)11-16/h8-11,13,17H,4-7,12H2,1-3H3,(H,25,29)/t17-/m1/s1. The van der Waals surface area contributed by atoms with Crippen LogP contribution >= 0.6 is 0 Å². The number of fused-ring (bicyclic) bond motifs is 2. The van der Waals surface area contributed by atoms with Crippen molar-refractivity contribution in [2.75, 3.05) is 19.6 Å². The smallest absolute Gasteiger partial charge is 0.306 e. The third-order valence-corrected chi connectivity index (χ3v) is 6.23. The lowest BCUT2D eigenvalue weighted by molar-refractivity contribution is 0.185. The van der Waals surface area contributed by atoms with Crippen molar-refractivity contribution >= 4 is 16.7 Å². The highest BCUT2D eigenvalue weighted by Crippen LogP contribution is 2.31. The van der Waals surface area contributed by atoms with Gasteiger partial charge in [-0.25, -0.2) is 14.3 Å². The second kappa shape index (κ2) is 6.84. The Morgan fingerprint density at radius 2 is 2.07 bits per heavy atom. The van der Waals surface area contributed by atoms with Crippen LogP contribution in [0.2, 0.25) is 0 Å². The monoisotopic (exact) mass is 390 g/mol. The van der Waals surface area contributed by atoms with Gasteiger partial charge in [0.1, 0.15) is 6.33 Å². The summed E-state index contributed by atoms with van der Waals surface area (Å²) < 4.78 is 3.78. The normalized spacial score (nSPS) is 18.1. The zero-order valence-electron chi connectivity index (χ0n) is 17.1. The minimum Gasteiger partial charge on any atom is -0.306 e. The number of benzene rings is 1. The molecule has 1 aliphatic rings. The summed E-state index contributed by atoms with van der Waals surface area (Å²) in [5, 5.41) is 4.29. The van der Waals surface area contributed by atoms with E-state index in [2.05, 4.69) is 52.0 Å². The van der Waals surface area contributed by atoms with Gasteiger partial charge in [0, 0.05) is 18.3 Å². The minimum absolute atomic E-state index is 0.0117. The Hall–Kier alpha value is -2.93. The minimum atomic E-state index is -0.0117. The van der Waals surface area contributed by atoms with E-state index in [1.54, 1.807) is 6.33 Å². The van der Waals surface area contributed by atoms with Crippen molar-refractivity contribution in [3.8, 4) is 11.1 Å². The van der Waals surface area contributed by atoms with Crippen molar-refractivity contribution < 1.29 is 0 Å². The number of hydrogen-bond donors (Lipinski definition) is 1. The Bertz CT molecular complexity index is 1260. The Balaban J connectivity index is 1.63. The van der Waals surface area contributed by atoms with Crippen LogP contribution in [0.3, 0.4) is 0 Å². The molecule has 1 aliphatic heterocycles. The van der Waals surface area contributed by atoms with Crippen molar-refractivity contribution in [2.45, 2.75) is 39.7 Å². The molecule has 0 aliphatic carbocycles. The third kappa shape index (κ3) is 2.97. The van der Waals surface area contributed by atoms with Gasteiger partial charge in [0.2, 0.25) is 0 Å². The maximum absolute atomic E-state index is 12.9. The maximum Gasteiger partial charge on any atom is 0.326 e. The van der Waals surface area contributed by atoms with Crippen LogP contribution in [0, 0.1) is 13.8 Å². The van der Waals surface area contributed by atoms with Gasteiger partial charge in [0.25, 0.3) is 0 Å². The van der Waals surface area contributed by atoms with Crippen molar-refractivity contribution in [1.82, 2.24) is 29.0 Å². The number of pyridine rings is 1. The molecule has 3 aromatic heterocycles. The first-order valence-corrected chi connectivity index (χ1v) is 10.3. The average molecular weight is 390 g/mol. The van der Waals surface area contributed by atoms with Gasteiger partial charge in [-0.15, -0.1) is 0 Å². The summed E-state index contributed by atoms with van der Waals surface area (Å²) in [4.78, 5) is 22.7. The molecule has 0 spiro atoms. The Morgan fingerprint density at radius 3 is 2.90 bits per heavy atom. The second-order valence-electron chi connectivity index (χ2n) is 8.11. The topological polar surface area (TPSA) is 71.2 Å². The van der Waals surface area contributed by atoms with E-state index in [1.165, 1.54) is 0 Å². The molecule has 29 heavy (non-hydrogen) atoms. The molecule has 4 heterocycles. The van der Waals surface area contributed by atoms with Gasteiger partial charge in [-0.1, -0.05) is 6.92 Å². The number of likely N-dealkylation sites (N-methyl/N-ethyl adjacent to an activating group) is 1. The Kier molecular flexibility index (Phi) is 4.28. The summed E-state index contributed by atoms with van der Waals surface area (Å²) >= 11 is 0. The van der Waals surface area contributed by atoms with Gasteiger partial charge in [-0.3, -0.25) is 4.57 Å². The lowest BCUT2D eigenvalue weighted by Gasteiger charge is -2.32. The fourth-order valence-electron chi connectivity index (χ4n) is 4.72. The average Bonchev–Trinajstić information content (AvgIpc) is 3.31. The zero-order valence-corrected chi connectivity index (χ0v) is 17.1. The van der Waals surface area contributed by atoms with E-state index >= 15 is 0 Å². The number of aryl methyl sites for hydroxylation is 2. The molecule has 7 nitrogen and oxygen atoms in total. The summed E-state index contributed by atoms with van der Waals surface area (Å²) in [7, 11) is 0. The molecule has 7 heteroatoms.